The molecule has 13 rings (SSSR count). The lowest BCUT2D eigenvalue weighted by Crippen LogP contribution is -2.42. The van der Waals surface area contributed by atoms with E-state index in [1.54, 1.807) is 0 Å². The van der Waals surface area contributed by atoms with Crippen molar-refractivity contribution in [3.8, 4) is 0 Å². The van der Waals surface area contributed by atoms with Crippen LogP contribution in [0.25, 0.3) is 0 Å². The molecular formula is C56H104S16Si8. The van der Waals surface area contributed by atoms with Gasteiger partial charge in [-0.15, -0.1) is 141 Å². The molecule has 0 aromatic carbocycles. The lowest BCUT2D eigenvalue weighted by atomic mass is 10.1. The number of hydrogen-bond donors (Lipinski definition) is 0. The molecule has 456 valence electrons. The highest BCUT2D eigenvalue weighted by Gasteiger charge is 2.72. The van der Waals surface area contributed by atoms with Gasteiger partial charge in [-0.1, -0.05) is 157 Å². The van der Waals surface area contributed by atoms with E-state index >= 15 is 0 Å². The molecule has 13 aliphatic heterocycles. The summed E-state index contributed by atoms with van der Waals surface area (Å²) in [7, 11) is -11.8. The van der Waals surface area contributed by atoms with Gasteiger partial charge in [-0.3, -0.25) is 0 Å². The molecule has 13 aliphatic rings. The molecule has 0 aromatic rings. The first-order valence-electron chi connectivity index (χ1n) is 31.2. The van der Waals surface area contributed by atoms with E-state index in [1.807, 2.05) is 0 Å². The fourth-order valence-corrected chi connectivity index (χ4v) is 107. The fraction of sp³-hybridized carbons (Fsp3) is 1.00. The van der Waals surface area contributed by atoms with E-state index in [1.165, 1.54) is 0 Å². The van der Waals surface area contributed by atoms with E-state index in [-0.39, 0.29) is 0 Å². The van der Waals surface area contributed by atoms with Gasteiger partial charge in [-0.2, -0.15) is 47.0 Å². The molecule has 32 atom stereocenters. The molecule has 32 unspecified atom stereocenters. The van der Waals surface area contributed by atoms with Crippen LogP contribution in [0.5, 0.6) is 0 Å². The Morgan fingerprint density at radius 2 is 0.225 bits per heavy atom. The highest BCUT2D eigenvalue weighted by molar-refractivity contribution is 8.30. The molecule has 0 amide bonds. The lowest BCUT2D eigenvalue weighted by Gasteiger charge is -2.41. The van der Waals surface area contributed by atoms with Crippen molar-refractivity contribution in [3.05, 3.63) is 0 Å². The van der Waals surface area contributed by atoms with Crippen LogP contribution >= 0.6 is 188 Å². The van der Waals surface area contributed by atoms with E-state index < -0.39 is 64.6 Å². The smallest absolute Gasteiger partial charge is 0.0532 e. The van der Waals surface area contributed by atoms with Crippen LogP contribution in [-0.2, 0) is 0 Å². The summed E-state index contributed by atoms with van der Waals surface area (Å²) in [5.41, 5.74) is 7.39. The highest BCUT2D eigenvalue weighted by Crippen LogP contribution is 2.80. The summed E-state index contributed by atoms with van der Waals surface area (Å²) in [6.07, 6.45) is 0. The maximum Gasteiger partial charge on any atom is 0.0532 e. The zero-order chi connectivity index (χ0) is 57.8. The third-order valence-electron chi connectivity index (χ3n) is 21.7. The van der Waals surface area contributed by atoms with Crippen LogP contribution < -0.4 is 0 Å². The second-order valence-electron chi connectivity index (χ2n) is 35.7. The second-order valence-corrected chi connectivity index (χ2v) is 102. The van der Waals surface area contributed by atoms with E-state index in [2.05, 4.69) is 345 Å². The lowest BCUT2D eigenvalue weighted by molar-refractivity contribution is 0.744. The van der Waals surface area contributed by atoms with Crippen LogP contribution in [0.1, 0.15) is 0 Å². The number of hydrogen-bond acceptors (Lipinski definition) is 16. The molecule has 0 radical (unpaired) electrons. The summed E-state index contributed by atoms with van der Waals surface area (Å²) in [4.78, 5) is 0. The van der Waals surface area contributed by atoms with Crippen molar-refractivity contribution in [2.24, 2.45) is 0 Å². The zero-order valence-electron chi connectivity index (χ0n) is 53.0. The monoisotopic (exact) mass is 1510 g/mol. The predicted molar refractivity (Wildman–Crippen MR) is 429 cm³/mol. The SMILES string of the molecule is C[Si](C)(C)C1C2SC3SC4C5SC(SC6SC7C8SC(SC9SC%10C%11SC(SC%12SC%13C(S2)C1SC%13C%12[Si](C)(C)C)C([Si](C)(C)C)C%11SC%10C9[Si](C)(C)C)C([Si](C)(C)C)C8SC7C6[Si](C)(C)C)C([Si](C)(C)C)C5SC4C3[Si](C)(C)C. The first-order chi connectivity index (χ1) is 36.7. The topological polar surface area (TPSA) is 0 Å². The normalized spacial score (nSPS) is 53.7. The molecule has 0 nitrogen and oxygen atoms in total. The predicted octanol–water partition coefficient (Wildman–Crippen LogP) is 22.1. The van der Waals surface area contributed by atoms with Crippen LogP contribution in [0.3, 0.4) is 0 Å². The Morgan fingerprint density at radius 3 is 0.312 bits per heavy atom. The largest absolute Gasteiger partial charge is 0.153 e. The van der Waals surface area contributed by atoms with Crippen molar-refractivity contribution in [1.29, 1.82) is 0 Å². The van der Waals surface area contributed by atoms with Crippen molar-refractivity contribution in [2.75, 3.05) is 0 Å². The first kappa shape index (κ1) is 66.0. The van der Waals surface area contributed by atoms with Crippen LogP contribution in [-0.4, -0.2) is 185 Å². The minimum absolute atomic E-state index is 0.792. The molecule has 16 bridgehead atoms. The maximum atomic E-state index is 2.82. The number of rotatable bonds is 8. The summed E-state index contributed by atoms with van der Waals surface area (Å²) < 4.78 is 6.34. The molecular weight excluding hydrogens is 1410 g/mol. The summed E-state index contributed by atoms with van der Waals surface area (Å²) in [6.45, 7) is 67.7. The van der Waals surface area contributed by atoms with Gasteiger partial charge in [0.15, 0.2) is 0 Å². The van der Waals surface area contributed by atoms with Gasteiger partial charge in [0.05, 0.1) is 101 Å². The van der Waals surface area contributed by atoms with Gasteiger partial charge in [0.2, 0.25) is 0 Å². The van der Waals surface area contributed by atoms with Gasteiger partial charge in [-0.05, 0) is 44.3 Å². The molecule has 13 saturated heterocycles. The molecule has 13 heterocycles. The van der Waals surface area contributed by atoms with Crippen molar-refractivity contribution in [3.63, 3.8) is 0 Å². The maximum absolute atomic E-state index is 2.82. The van der Waals surface area contributed by atoms with Crippen molar-refractivity contribution in [1.82, 2.24) is 0 Å². The van der Waals surface area contributed by atoms with Gasteiger partial charge < -0.3 is 0 Å². The zero-order valence-corrected chi connectivity index (χ0v) is 74.1. The van der Waals surface area contributed by atoms with E-state index in [0.717, 1.165) is 165 Å². The van der Waals surface area contributed by atoms with Gasteiger partial charge in [0, 0.05) is 84.0 Å². The highest BCUT2D eigenvalue weighted by atomic mass is 32.3. The molecule has 13 fully saturated rings. The van der Waals surface area contributed by atoms with Gasteiger partial charge in [0.25, 0.3) is 0 Å². The third-order valence-corrected chi connectivity index (χ3v) is 79.9. The van der Waals surface area contributed by atoms with Gasteiger partial charge in [-0.25, -0.2) is 0 Å². The van der Waals surface area contributed by atoms with E-state index in [0.29, 0.717) is 0 Å². The molecule has 24 heteroatoms. The Labute approximate surface area is 567 Å². The van der Waals surface area contributed by atoms with Crippen LogP contribution in [0.15, 0.2) is 0 Å². The Bertz CT molecular complexity index is 1890. The Balaban J connectivity index is 0.879. The average Bonchev–Trinajstić information content (AvgIpc) is 4.10. The quantitative estimate of drug-likeness (QED) is 0.212. The Morgan fingerprint density at radius 1 is 0.125 bits per heavy atom. The number of fused-ring (bicyclic) bond motifs is 8. The van der Waals surface area contributed by atoms with E-state index in [4.69, 9.17) is 0 Å². The number of thioether (sulfide) groups is 16. The van der Waals surface area contributed by atoms with Crippen LogP contribution in [0.4, 0.5) is 0 Å². The molecule has 0 N–H and O–H groups in total. The summed E-state index contributed by atoms with van der Waals surface area (Å²) in [5.74, 6) is 0. The minimum atomic E-state index is -1.48. The molecule has 80 heavy (non-hydrogen) atoms. The summed E-state index contributed by atoms with van der Waals surface area (Å²) >= 11 is 42.1. The Kier molecular flexibility index (Phi) is 18.5. The van der Waals surface area contributed by atoms with Crippen molar-refractivity contribution < 1.29 is 0 Å². The Hall–Kier alpha value is 7.34. The van der Waals surface area contributed by atoms with Gasteiger partial charge in [0.1, 0.15) is 0 Å². The molecule has 0 aromatic heterocycles. The standard InChI is InChI=1S/C56H104S16Si8/c1-73(2,3)41-33-25-26-34(57-33)42(74(4,5)6)51(62-26)70-52-45(77(13,14)15)37-29(65-52)30-38(59-37)47(79(19,20)21)55(66-30)72-56-48(80(22,23)24)40-32(68-56)31-39(60-40)46(78(16,17)18)54(67-31)71-53-44(76(10,11)12)36-28(64-53)27-35(58-36)43(75(7,8)9)50(63-27)69-49(41)61-25/h25-56H,1-24H3. The molecule has 0 saturated carbocycles. The third kappa shape index (κ3) is 11.3. The molecule has 0 aliphatic carbocycles. The van der Waals surface area contributed by atoms with Crippen molar-refractivity contribution >= 4 is 253 Å². The van der Waals surface area contributed by atoms with Crippen molar-refractivity contribution in [2.45, 2.75) is 322 Å². The van der Waals surface area contributed by atoms with Crippen LogP contribution in [0, 0.1) is 0 Å². The molecule has 0 spiro atoms. The first-order valence-corrected chi connectivity index (χ1v) is 74.9. The average molecular weight is 1520 g/mol. The fourth-order valence-electron chi connectivity index (χ4n) is 18.2. The summed E-state index contributed by atoms with van der Waals surface area (Å²) in [5, 5.41) is 13.8. The van der Waals surface area contributed by atoms with E-state index in [9.17, 15) is 0 Å². The summed E-state index contributed by atoms with van der Waals surface area (Å²) in [6, 6.07) is 0. The minimum Gasteiger partial charge on any atom is -0.153 e. The van der Waals surface area contributed by atoms with Crippen LogP contribution in [0.2, 0.25) is 201 Å². The second kappa shape index (κ2) is 22.5. The van der Waals surface area contributed by atoms with Gasteiger partial charge >= 0.3 is 0 Å².